The topological polar surface area (TPSA) is 53.4 Å². The Labute approximate surface area is 97.9 Å². The van der Waals surface area contributed by atoms with Gasteiger partial charge in [0, 0.05) is 18.5 Å². The lowest BCUT2D eigenvalue weighted by Crippen LogP contribution is -2.49. The van der Waals surface area contributed by atoms with Crippen molar-refractivity contribution in [2.75, 3.05) is 13.1 Å². The third-order valence-electron chi connectivity index (χ3n) is 3.68. The van der Waals surface area contributed by atoms with Crippen LogP contribution in [-0.2, 0) is 0 Å². The Morgan fingerprint density at radius 2 is 2.31 bits per heavy atom. The van der Waals surface area contributed by atoms with Gasteiger partial charge < -0.3 is 5.11 Å². The first-order chi connectivity index (χ1) is 7.60. The van der Waals surface area contributed by atoms with Crippen LogP contribution >= 0.6 is 11.3 Å². The lowest BCUT2D eigenvalue weighted by atomic mass is 9.95. The van der Waals surface area contributed by atoms with Gasteiger partial charge >= 0.3 is 5.97 Å². The third kappa shape index (κ3) is 1.55. The Kier molecular flexibility index (Phi) is 2.09. The first kappa shape index (κ1) is 10.2. The molecule has 16 heavy (non-hydrogen) atoms. The minimum atomic E-state index is -0.933. The summed E-state index contributed by atoms with van der Waals surface area (Å²) in [5.74, 6) is -0.933. The van der Waals surface area contributed by atoms with Crippen LogP contribution in [0.4, 0.5) is 0 Å². The SMILES string of the molecule is CC(c1nc(C(=O)O)cs1)N1CC2(CC2)C1. The van der Waals surface area contributed by atoms with Crippen LogP contribution < -0.4 is 0 Å². The number of thiazole rings is 1. The fourth-order valence-corrected chi connectivity index (χ4v) is 3.20. The van der Waals surface area contributed by atoms with E-state index in [1.807, 2.05) is 0 Å². The predicted molar refractivity (Wildman–Crippen MR) is 60.7 cm³/mol. The molecule has 2 heterocycles. The zero-order valence-corrected chi connectivity index (χ0v) is 9.96. The van der Waals surface area contributed by atoms with Gasteiger partial charge in [0.05, 0.1) is 6.04 Å². The minimum absolute atomic E-state index is 0.175. The van der Waals surface area contributed by atoms with E-state index in [0.29, 0.717) is 5.41 Å². The Bertz CT molecular complexity index is 431. The van der Waals surface area contributed by atoms with Crippen molar-refractivity contribution in [2.24, 2.45) is 5.41 Å². The van der Waals surface area contributed by atoms with Gasteiger partial charge in [0.2, 0.25) is 0 Å². The highest BCUT2D eigenvalue weighted by atomic mass is 32.1. The van der Waals surface area contributed by atoms with Gasteiger partial charge in [-0.25, -0.2) is 9.78 Å². The lowest BCUT2D eigenvalue weighted by molar-refractivity contribution is 0.0426. The molecule has 0 aromatic carbocycles. The van der Waals surface area contributed by atoms with Crippen molar-refractivity contribution in [3.05, 3.63) is 16.1 Å². The summed E-state index contributed by atoms with van der Waals surface area (Å²) in [6.45, 7) is 4.44. The molecular weight excluding hydrogens is 224 g/mol. The number of hydrogen-bond acceptors (Lipinski definition) is 4. The van der Waals surface area contributed by atoms with Crippen LogP contribution in [0.1, 0.15) is 41.3 Å². The molecule has 1 unspecified atom stereocenters. The van der Waals surface area contributed by atoms with Gasteiger partial charge in [-0.1, -0.05) is 0 Å². The molecule has 5 heteroatoms. The average molecular weight is 238 g/mol. The lowest BCUT2D eigenvalue weighted by Gasteiger charge is -2.43. The maximum Gasteiger partial charge on any atom is 0.355 e. The van der Waals surface area contributed by atoms with Crippen LogP contribution in [0.2, 0.25) is 0 Å². The monoisotopic (exact) mass is 238 g/mol. The number of likely N-dealkylation sites (tertiary alicyclic amines) is 1. The third-order valence-corrected chi connectivity index (χ3v) is 4.70. The first-order valence-electron chi connectivity index (χ1n) is 5.52. The van der Waals surface area contributed by atoms with Gasteiger partial charge in [-0.2, -0.15) is 0 Å². The van der Waals surface area contributed by atoms with Gasteiger partial charge in [0.15, 0.2) is 5.69 Å². The van der Waals surface area contributed by atoms with E-state index in [9.17, 15) is 4.79 Å². The van der Waals surface area contributed by atoms with Crippen molar-refractivity contribution >= 4 is 17.3 Å². The van der Waals surface area contributed by atoms with E-state index in [1.165, 1.54) is 24.2 Å². The summed E-state index contributed by atoms with van der Waals surface area (Å²) in [5.41, 5.74) is 0.815. The highest BCUT2D eigenvalue weighted by Crippen LogP contribution is 2.54. The van der Waals surface area contributed by atoms with E-state index in [-0.39, 0.29) is 11.7 Å². The van der Waals surface area contributed by atoms with Crippen molar-refractivity contribution in [3.8, 4) is 0 Å². The average Bonchev–Trinajstić information content (AvgIpc) is 2.83. The Balaban J connectivity index is 1.69. The number of rotatable bonds is 3. The van der Waals surface area contributed by atoms with Gasteiger partial charge in [-0.3, -0.25) is 4.90 Å². The molecule has 1 saturated carbocycles. The van der Waals surface area contributed by atoms with Gasteiger partial charge in [0.25, 0.3) is 0 Å². The number of aromatic nitrogens is 1. The second kappa shape index (κ2) is 3.28. The van der Waals surface area contributed by atoms with Crippen LogP contribution in [0, 0.1) is 5.41 Å². The van der Waals surface area contributed by atoms with Crippen LogP contribution in [0.5, 0.6) is 0 Å². The number of carbonyl (C=O) groups is 1. The van der Waals surface area contributed by atoms with E-state index in [1.54, 1.807) is 5.38 Å². The molecule has 1 saturated heterocycles. The fourth-order valence-electron chi connectivity index (χ4n) is 2.32. The van der Waals surface area contributed by atoms with Gasteiger partial charge in [0.1, 0.15) is 5.01 Å². The molecule has 1 aliphatic heterocycles. The molecule has 1 aliphatic carbocycles. The molecule has 0 radical (unpaired) electrons. The molecule has 3 rings (SSSR count). The molecule has 1 aromatic rings. The maximum atomic E-state index is 10.7. The molecule has 2 aliphatic rings. The largest absolute Gasteiger partial charge is 0.476 e. The van der Waals surface area contributed by atoms with Gasteiger partial charge in [-0.15, -0.1) is 11.3 Å². The maximum absolute atomic E-state index is 10.7. The Hall–Kier alpha value is -0.940. The number of hydrogen-bond donors (Lipinski definition) is 1. The van der Waals surface area contributed by atoms with Crippen LogP contribution in [0.15, 0.2) is 5.38 Å². The summed E-state index contributed by atoms with van der Waals surface area (Å²) in [6.07, 6.45) is 2.74. The number of aromatic carboxylic acids is 1. The standard InChI is InChI=1S/C11H14N2O2S/c1-7(13-5-11(6-13)2-3-11)9-12-8(4-16-9)10(14)15/h4,7H,2-3,5-6H2,1H3,(H,14,15). The number of carboxylic acids is 1. The molecule has 1 N–H and O–H groups in total. The molecule has 1 atom stereocenters. The Morgan fingerprint density at radius 3 is 2.81 bits per heavy atom. The molecule has 0 amide bonds. The highest BCUT2D eigenvalue weighted by molar-refractivity contribution is 7.09. The molecule has 1 spiro atoms. The van der Waals surface area contributed by atoms with Crippen molar-refractivity contribution in [3.63, 3.8) is 0 Å². The predicted octanol–water partition coefficient (Wildman–Crippen LogP) is 2.00. The fraction of sp³-hybridized carbons (Fsp3) is 0.636. The van der Waals surface area contributed by atoms with E-state index in [0.717, 1.165) is 18.1 Å². The van der Waals surface area contributed by atoms with Crippen LogP contribution in [0.3, 0.4) is 0 Å². The Morgan fingerprint density at radius 1 is 1.62 bits per heavy atom. The van der Waals surface area contributed by atoms with Crippen molar-refractivity contribution in [1.29, 1.82) is 0 Å². The molecule has 1 aromatic heterocycles. The summed E-state index contributed by atoms with van der Waals surface area (Å²) in [4.78, 5) is 17.3. The minimum Gasteiger partial charge on any atom is -0.476 e. The zero-order valence-electron chi connectivity index (χ0n) is 9.14. The van der Waals surface area contributed by atoms with Crippen LogP contribution in [-0.4, -0.2) is 34.0 Å². The number of carboxylic acid groups (broad SMARTS) is 1. The first-order valence-corrected chi connectivity index (χ1v) is 6.40. The molecule has 86 valence electrons. The second-order valence-electron chi connectivity index (χ2n) is 4.96. The molecular formula is C11H14N2O2S. The smallest absolute Gasteiger partial charge is 0.355 e. The zero-order chi connectivity index (χ0) is 11.3. The summed E-state index contributed by atoms with van der Waals surface area (Å²) < 4.78 is 0. The van der Waals surface area contributed by atoms with E-state index in [4.69, 9.17) is 5.11 Å². The summed E-state index contributed by atoms with van der Waals surface area (Å²) in [6, 6.07) is 0.268. The van der Waals surface area contributed by atoms with E-state index < -0.39 is 5.97 Å². The molecule has 4 nitrogen and oxygen atoms in total. The molecule has 2 fully saturated rings. The second-order valence-corrected chi connectivity index (χ2v) is 5.85. The van der Waals surface area contributed by atoms with E-state index >= 15 is 0 Å². The summed E-state index contributed by atoms with van der Waals surface area (Å²) in [7, 11) is 0. The quantitative estimate of drug-likeness (QED) is 0.875. The molecule has 0 bridgehead atoms. The normalized spacial score (nSPS) is 24.1. The summed E-state index contributed by atoms with van der Waals surface area (Å²) >= 11 is 1.45. The van der Waals surface area contributed by atoms with E-state index in [2.05, 4.69) is 16.8 Å². The van der Waals surface area contributed by atoms with Crippen LogP contribution in [0.25, 0.3) is 0 Å². The van der Waals surface area contributed by atoms with Crippen molar-refractivity contribution < 1.29 is 9.90 Å². The van der Waals surface area contributed by atoms with Crippen molar-refractivity contribution in [1.82, 2.24) is 9.88 Å². The van der Waals surface area contributed by atoms with Crippen molar-refractivity contribution in [2.45, 2.75) is 25.8 Å². The summed E-state index contributed by atoms with van der Waals surface area (Å²) in [5, 5.41) is 11.4. The number of nitrogens with zero attached hydrogens (tertiary/aromatic N) is 2. The van der Waals surface area contributed by atoms with Gasteiger partial charge in [-0.05, 0) is 25.2 Å². The highest BCUT2D eigenvalue weighted by Gasteiger charge is 2.53.